The zero-order chi connectivity index (χ0) is 14.0. The summed E-state index contributed by atoms with van der Waals surface area (Å²) in [5, 5.41) is 8.78. The third-order valence-corrected chi connectivity index (χ3v) is 2.69. The third-order valence-electron chi connectivity index (χ3n) is 2.69. The van der Waals surface area contributed by atoms with Gasteiger partial charge in [0.25, 0.3) is 0 Å². The first-order valence-electron chi connectivity index (χ1n) is 6.49. The van der Waals surface area contributed by atoms with Gasteiger partial charge in [0.1, 0.15) is 12.4 Å². The van der Waals surface area contributed by atoms with Gasteiger partial charge in [-0.15, -0.1) is 0 Å². The van der Waals surface area contributed by atoms with Crippen LogP contribution in [0.3, 0.4) is 0 Å². The highest BCUT2D eigenvalue weighted by atomic mass is 16.5. The minimum atomic E-state index is 0.469. The van der Waals surface area contributed by atoms with Crippen LogP contribution in [0.5, 0.6) is 5.75 Å². The highest BCUT2D eigenvalue weighted by molar-refractivity contribution is 5.36. The Morgan fingerprint density at radius 3 is 2.80 bits per heavy atom. The van der Waals surface area contributed by atoms with E-state index in [0.29, 0.717) is 31.1 Å². The third kappa shape index (κ3) is 4.71. The van der Waals surface area contributed by atoms with Crippen molar-refractivity contribution in [1.82, 2.24) is 4.98 Å². The quantitative estimate of drug-likeness (QED) is 0.724. The van der Waals surface area contributed by atoms with Crippen molar-refractivity contribution >= 4 is 0 Å². The molecule has 0 radical (unpaired) electrons. The fourth-order valence-electron chi connectivity index (χ4n) is 1.70. The predicted molar refractivity (Wildman–Crippen MR) is 75.4 cm³/mol. The van der Waals surface area contributed by atoms with E-state index in [1.807, 2.05) is 24.3 Å². The lowest BCUT2D eigenvalue weighted by atomic mass is 10.2. The van der Waals surface area contributed by atoms with Gasteiger partial charge in [-0.2, -0.15) is 5.26 Å². The van der Waals surface area contributed by atoms with Crippen LogP contribution in [0, 0.1) is 11.3 Å². The number of rotatable bonds is 7. The molecule has 0 spiro atoms. The molecule has 0 unspecified atom stereocenters. The fraction of sp³-hybridized carbons (Fsp3) is 0.250. The number of hydrogen-bond acceptors (Lipinski definition) is 4. The lowest BCUT2D eigenvalue weighted by Gasteiger charge is -2.07. The molecule has 1 heterocycles. The molecular weight excluding hydrogens is 252 g/mol. The van der Waals surface area contributed by atoms with Crippen molar-refractivity contribution in [3.05, 3.63) is 59.9 Å². The molecule has 0 amide bonds. The lowest BCUT2D eigenvalue weighted by molar-refractivity contribution is 0.102. The van der Waals surface area contributed by atoms with Crippen molar-refractivity contribution in [3.8, 4) is 11.8 Å². The van der Waals surface area contributed by atoms with Crippen molar-refractivity contribution in [2.24, 2.45) is 0 Å². The van der Waals surface area contributed by atoms with Gasteiger partial charge in [-0.25, -0.2) is 0 Å². The van der Waals surface area contributed by atoms with Crippen LogP contribution >= 0.6 is 0 Å². The smallest absolute Gasteiger partial charge is 0.120 e. The summed E-state index contributed by atoms with van der Waals surface area (Å²) in [6.07, 6.45) is 2.57. The number of benzene rings is 1. The molecule has 0 aliphatic rings. The van der Waals surface area contributed by atoms with E-state index in [1.165, 1.54) is 0 Å². The predicted octanol–water partition coefficient (Wildman–Crippen LogP) is 2.59. The van der Waals surface area contributed by atoms with E-state index in [9.17, 15) is 0 Å². The van der Waals surface area contributed by atoms with E-state index in [0.717, 1.165) is 12.1 Å². The molecule has 1 aromatic carbocycles. The Labute approximate surface area is 118 Å². The van der Waals surface area contributed by atoms with Crippen LogP contribution in [-0.4, -0.2) is 24.8 Å². The molecule has 0 bridgehead atoms. The Morgan fingerprint density at radius 2 is 2.00 bits per heavy atom. The van der Waals surface area contributed by atoms with Crippen LogP contribution in [0.1, 0.15) is 11.3 Å². The average molecular weight is 268 g/mol. The summed E-state index contributed by atoms with van der Waals surface area (Å²) in [5.74, 6) is 0.692. The van der Waals surface area contributed by atoms with Crippen LogP contribution < -0.4 is 4.74 Å². The molecule has 102 valence electrons. The molecule has 20 heavy (non-hydrogen) atoms. The topological polar surface area (TPSA) is 55.1 Å². The number of pyridine rings is 1. The Bertz CT molecular complexity index is 564. The van der Waals surface area contributed by atoms with Gasteiger partial charge in [-0.3, -0.25) is 4.98 Å². The first-order valence-corrected chi connectivity index (χ1v) is 6.49. The molecule has 0 N–H and O–H groups in total. The minimum absolute atomic E-state index is 0.469. The lowest BCUT2D eigenvalue weighted by Crippen LogP contribution is -2.09. The Hall–Kier alpha value is -2.38. The number of nitrogens with zero attached hydrogens (tertiary/aromatic N) is 2. The van der Waals surface area contributed by atoms with Gasteiger partial charge in [-0.1, -0.05) is 12.1 Å². The first kappa shape index (κ1) is 14.0. The molecule has 4 heteroatoms. The minimum Gasteiger partial charge on any atom is -0.491 e. The van der Waals surface area contributed by atoms with E-state index in [-0.39, 0.29) is 0 Å². The molecule has 0 saturated heterocycles. The molecule has 2 aromatic rings. The van der Waals surface area contributed by atoms with E-state index >= 15 is 0 Å². The normalized spacial score (nSPS) is 9.95. The van der Waals surface area contributed by atoms with E-state index in [2.05, 4.69) is 11.1 Å². The van der Waals surface area contributed by atoms with Gasteiger partial charge in [0.2, 0.25) is 0 Å². The highest BCUT2D eigenvalue weighted by Gasteiger charge is 1.97. The Morgan fingerprint density at radius 1 is 1.05 bits per heavy atom. The van der Waals surface area contributed by atoms with Gasteiger partial charge in [0.05, 0.1) is 24.8 Å². The van der Waals surface area contributed by atoms with E-state index in [4.69, 9.17) is 14.7 Å². The van der Waals surface area contributed by atoms with Crippen LogP contribution in [0.2, 0.25) is 0 Å². The van der Waals surface area contributed by atoms with Crippen molar-refractivity contribution in [2.75, 3.05) is 19.8 Å². The second kappa shape index (κ2) is 7.93. The largest absolute Gasteiger partial charge is 0.491 e. The Balaban J connectivity index is 1.61. The number of aromatic nitrogens is 1. The molecule has 2 rings (SSSR count). The van der Waals surface area contributed by atoms with Crippen molar-refractivity contribution in [1.29, 1.82) is 5.26 Å². The maximum atomic E-state index is 8.78. The summed E-state index contributed by atoms with van der Waals surface area (Å²) in [7, 11) is 0. The van der Waals surface area contributed by atoms with E-state index < -0.39 is 0 Å². The van der Waals surface area contributed by atoms with Crippen LogP contribution in [0.25, 0.3) is 0 Å². The van der Waals surface area contributed by atoms with Crippen molar-refractivity contribution in [2.45, 2.75) is 6.42 Å². The SMILES string of the molecule is N#Cc1cccc(OCCOCCc2ccccn2)c1. The molecule has 4 nitrogen and oxygen atoms in total. The Kier molecular flexibility index (Phi) is 5.56. The van der Waals surface area contributed by atoms with Gasteiger partial charge in [-0.05, 0) is 30.3 Å². The molecule has 0 atom stereocenters. The maximum absolute atomic E-state index is 8.78. The average Bonchev–Trinajstić information content (AvgIpc) is 2.52. The fourth-order valence-corrected chi connectivity index (χ4v) is 1.70. The molecular formula is C16H16N2O2. The van der Waals surface area contributed by atoms with Crippen LogP contribution in [0.4, 0.5) is 0 Å². The maximum Gasteiger partial charge on any atom is 0.120 e. The van der Waals surface area contributed by atoms with Gasteiger partial charge in [0.15, 0.2) is 0 Å². The standard InChI is InChI=1S/C16H16N2O2/c17-13-14-4-3-6-16(12-14)20-11-10-19-9-7-15-5-1-2-8-18-15/h1-6,8,12H,7,9-11H2. The second-order valence-electron chi connectivity index (χ2n) is 4.17. The summed E-state index contributed by atoms with van der Waals surface area (Å²) in [6, 6.07) is 15.0. The first-order chi connectivity index (χ1) is 9.88. The number of hydrogen-bond donors (Lipinski definition) is 0. The van der Waals surface area contributed by atoms with Gasteiger partial charge < -0.3 is 9.47 Å². The van der Waals surface area contributed by atoms with E-state index in [1.54, 1.807) is 24.4 Å². The zero-order valence-corrected chi connectivity index (χ0v) is 11.2. The summed E-state index contributed by atoms with van der Waals surface area (Å²) in [4.78, 5) is 4.22. The van der Waals surface area contributed by atoms with Crippen LogP contribution in [-0.2, 0) is 11.2 Å². The monoisotopic (exact) mass is 268 g/mol. The molecule has 1 aromatic heterocycles. The summed E-state index contributed by atoms with van der Waals surface area (Å²) >= 11 is 0. The van der Waals surface area contributed by atoms with Crippen molar-refractivity contribution in [3.63, 3.8) is 0 Å². The molecule has 0 aliphatic carbocycles. The zero-order valence-electron chi connectivity index (χ0n) is 11.2. The molecule has 0 fully saturated rings. The van der Waals surface area contributed by atoms with Gasteiger partial charge >= 0.3 is 0 Å². The summed E-state index contributed by atoms with van der Waals surface area (Å²) in [5.41, 5.74) is 1.62. The second-order valence-corrected chi connectivity index (χ2v) is 4.17. The molecule has 0 saturated carbocycles. The summed E-state index contributed by atoms with van der Waals surface area (Å²) < 4.78 is 11.0. The number of nitriles is 1. The van der Waals surface area contributed by atoms with Crippen molar-refractivity contribution < 1.29 is 9.47 Å². The number of ether oxygens (including phenoxy) is 2. The van der Waals surface area contributed by atoms with Crippen LogP contribution in [0.15, 0.2) is 48.7 Å². The molecule has 0 aliphatic heterocycles. The summed E-state index contributed by atoms with van der Waals surface area (Å²) in [6.45, 7) is 1.61. The highest BCUT2D eigenvalue weighted by Crippen LogP contribution is 2.12. The van der Waals surface area contributed by atoms with Gasteiger partial charge in [0, 0.05) is 18.3 Å².